The molecule has 2 atom stereocenters. The molecule has 2 aromatic carbocycles. The summed E-state index contributed by atoms with van der Waals surface area (Å²) in [6.07, 6.45) is 3.30. The Morgan fingerprint density at radius 1 is 1.11 bits per heavy atom. The highest BCUT2D eigenvalue weighted by Gasteiger charge is 2.37. The molecule has 0 radical (unpaired) electrons. The molecule has 6 heteroatoms. The van der Waals surface area contributed by atoms with Crippen LogP contribution in [0.15, 0.2) is 54.7 Å². The van der Waals surface area contributed by atoms with E-state index in [1.807, 2.05) is 47.5 Å². The number of halogens is 2. The van der Waals surface area contributed by atoms with Gasteiger partial charge in [-0.2, -0.15) is 0 Å². The Hall–Kier alpha value is -2.14. The molecule has 4 rings (SSSR count). The number of fused-ring (bicyclic) bond motifs is 1. The predicted octanol–water partition coefficient (Wildman–Crippen LogP) is 5.18. The molecule has 1 aliphatic rings. The second kappa shape index (κ2) is 7.47. The lowest BCUT2D eigenvalue weighted by atomic mass is 9.96. The number of nitrogens with zero attached hydrogens (tertiary/aromatic N) is 2. The molecule has 1 aromatic heterocycles. The third kappa shape index (κ3) is 3.53. The van der Waals surface area contributed by atoms with Gasteiger partial charge in [-0.3, -0.25) is 14.7 Å². The maximum absolute atomic E-state index is 11.8. The van der Waals surface area contributed by atoms with E-state index < -0.39 is 12.0 Å². The molecule has 0 amide bonds. The standard InChI is InChI=1S/C21H18Cl2N2O2/c22-16-8-7-14(11-17(16)23)20(25-9-3-6-19(25)21(26)27)15-10-13-4-1-2-5-18(13)24-12-15/h1-2,4-5,7-8,10-12,19-20H,3,6,9H2,(H,26,27). The van der Waals surface area contributed by atoms with Crippen LogP contribution < -0.4 is 0 Å². The Bertz CT molecular complexity index is 1010. The first-order valence-corrected chi connectivity index (χ1v) is 9.58. The van der Waals surface area contributed by atoms with Crippen LogP contribution in [-0.2, 0) is 4.79 Å². The summed E-state index contributed by atoms with van der Waals surface area (Å²) in [5, 5.41) is 11.6. The summed E-state index contributed by atoms with van der Waals surface area (Å²) < 4.78 is 0. The van der Waals surface area contributed by atoms with E-state index in [4.69, 9.17) is 23.2 Å². The van der Waals surface area contributed by atoms with Gasteiger partial charge in [0, 0.05) is 18.1 Å². The van der Waals surface area contributed by atoms with Gasteiger partial charge in [0.2, 0.25) is 0 Å². The Labute approximate surface area is 167 Å². The third-order valence-electron chi connectivity index (χ3n) is 5.10. The lowest BCUT2D eigenvalue weighted by molar-refractivity contribution is -0.142. The summed E-state index contributed by atoms with van der Waals surface area (Å²) in [6, 6.07) is 14.7. The number of para-hydroxylation sites is 1. The van der Waals surface area contributed by atoms with Crippen LogP contribution in [0.5, 0.6) is 0 Å². The Balaban J connectivity index is 1.86. The van der Waals surface area contributed by atoms with Crippen LogP contribution in [-0.4, -0.2) is 33.5 Å². The number of carboxylic acids is 1. The van der Waals surface area contributed by atoms with Crippen LogP contribution in [0, 0.1) is 0 Å². The van der Waals surface area contributed by atoms with Crippen LogP contribution in [0.1, 0.15) is 30.0 Å². The van der Waals surface area contributed by atoms with Gasteiger partial charge in [0.25, 0.3) is 0 Å². The Kier molecular flexibility index (Phi) is 5.04. The molecule has 0 bridgehead atoms. The average molecular weight is 401 g/mol. The number of rotatable bonds is 4. The monoisotopic (exact) mass is 400 g/mol. The van der Waals surface area contributed by atoms with Crippen molar-refractivity contribution in [3.63, 3.8) is 0 Å². The molecule has 0 saturated carbocycles. The van der Waals surface area contributed by atoms with Gasteiger partial charge in [0.05, 0.1) is 21.6 Å². The molecule has 1 saturated heterocycles. The number of likely N-dealkylation sites (tertiary alicyclic amines) is 1. The summed E-state index contributed by atoms with van der Waals surface area (Å²) in [5.74, 6) is -0.800. The van der Waals surface area contributed by atoms with Crippen LogP contribution >= 0.6 is 23.2 Å². The molecule has 2 heterocycles. The fraction of sp³-hybridized carbons (Fsp3) is 0.238. The molecule has 1 fully saturated rings. The van der Waals surface area contributed by atoms with Gasteiger partial charge in [0.1, 0.15) is 6.04 Å². The largest absolute Gasteiger partial charge is 0.480 e. The number of aromatic nitrogens is 1. The molecule has 3 aromatic rings. The van der Waals surface area contributed by atoms with Gasteiger partial charge >= 0.3 is 5.97 Å². The predicted molar refractivity (Wildman–Crippen MR) is 107 cm³/mol. The normalized spacial score (nSPS) is 18.7. The fourth-order valence-electron chi connectivity index (χ4n) is 3.86. The molecule has 4 nitrogen and oxygen atoms in total. The highest BCUT2D eigenvalue weighted by atomic mass is 35.5. The number of carbonyl (C=O) groups is 1. The van der Waals surface area contributed by atoms with Gasteiger partial charge in [-0.15, -0.1) is 0 Å². The number of pyridine rings is 1. The van der Waals surface area contributed by atoms with Crippen molar-refractivity contribution in [2.75, 3.05) is 6.54 Å². The number of hydrogen-bond donors (Lipinski definition) is 1. The van der Waals surface area contributed by atoms with Crippen molar-refractivity contribution in [3.8, 4) is 0 Å². The van der Waals surface area contributed by atoms with E-state index in [-0.39, 0.29) is 6.04 Å². The zero-order valence-corrected chi connectivity index (χ0v) is 16.0. The molecule has 27 heavy (non-hydrogen) atoms. The highest BCUT2D eigenvalue weighted by Crippen LogP contribution is 2.37. The van der Waals surface area contributed by atoms with Gasteiger partial charge in [0.15, 0.2) is 0 Å². The van der Waals surface area contributed by atoms with Gasteiger partial charge in [-0.1, -0.05) is 47.5 Å². The first-order chi connectivity index (χ1) is 13.0. The lowest BCUT2D eigenvalue weighted by Crippen LogP contribution is -2.39. The third-order valence-corrected chi connectivity index (χ3v) is 5.84. The van der Waals surface area contributed by atoms with Crippen LogP contribution in [0.25, 0.3) is 10.9 Å². The summed E-state index contributed by atoms with van der Waals surface area (Å²) in [4.78, 5) is 18.4. The Morgan fingerprint density at radius 3 is 2.70 bits per heavy atom. The van der Waals surface area contributed by atoms with Crippen LogP contribution in [0.3, 0.4) is 0 Å². The molecule has 0 aliphatic carbocycles. The molecular formula is C21H18Cl2N2O2. The highest BCUT2D eigenvalue weighted by molar-refractivity contribution is 6.42. The van der Waals surface area contributed by atoms with E-state index >= 15 is 0 Å². The van der Waals surface area contributed by atoms with Gasteiger partial charge in [-0.05, 0) is 48.2 Å². The first kappa shape index (κ1) is 18.2. The summed E-state index contributed by atoms with van der Waals surface area (Å²) >= 11 is 12.4. The SMILES string of the molecule is O=C(O)C1CCCN1C(c1ccc(Cl)c(Cl)c1)c1cnc2ccccc2c1. The smallest absolute Gasteiger partial charge is 0.320 e. The lowest BCUT2D eigenvalue weighted by Gasteiger charge is -2.32. The molecular weight excluding hydrogens is 383 g/mol. The van der Waals surface area contributed by atoms with E-state index in [1.165, 1.54) is 0 Å². The maximum Gasteiger partial charge on any atom is 0.320 e. The van der Waals surface area contributed by atoms with Crippen molar-refractivity contribution < 1.29 is 9.90 Å². The van der Waals surface area contributed by atoms with E-state index in [0.29, 0.717) is 23.0 Å². The van der Waals surface area contributed by atoms with E-state index in [1.54, 1.807) is 6.07 Å². The van der Waals surface area contributed by atoms with Crippen molar-refractivity contribution in [3.05, 3.63) is 75.9 Å². The quantitative estimate of drug-likeness (QED) is 0.655. The molecule has 1 aliphatic heterocycles. The molecule has 138 valence electrons. The number of hydrogen-bond acceptors (Lipinski definition) is 3. The van der Waals surface area contributed by atoms with Crippen LogP contribution in [0.4, 0.5) is 0 Å². The van der Waals surface area contributed by atoms with Crippen LogP contribution in [0.2, 0.25) is 10.0 Å². The van der Waals surface area contributed by atoms with Gasteiger partial charge in [-0.25, -0.2) is 0 Å². The zero-order valence-electron chi connectivity index (χ0n) is 14.5. The second-order valence-corrected chi connectivity index (χ2v) is 7.59. The van der Waals surface area contributed by atoms with Crippen molar-refractivity contribution in [2.24, 2.45) is 0 Å². The van der Waals surface area contributed by atoms with Crippen molar-refractivity contribution in [2.45, 2.75) is 24.9 Å². The maximum atomic E-state index is 11.8. The van der Waals surface area contributed by atoms with Gasteiger partial charge < -0.3 is 5.11 Å². The van der Waals surface area contributed by atoms with E-state index in [0.717, 1.165) is 28.5 Å². The minimum absolute atomic E-state index is 0.250. The second-order valence-electron chi connectivity index (χ2n) is 6.77. The first-order valence-electron chi connectivity index (χ1n) is 8.83. The van der Waals surface area contributed by atoms with Crippen molar-refractivity contribution in [1.82, 2.24) is 9.88 Å². The number of aliphatic carboxylic acids is 1. The number of benzene rings is 2. The van der Waals surface area contributed by atoms with Crippen molar-refractivity contribution in [1.29, 1.82) is 0 Å². The summed E-state index contributed by atoms with van der Waals surface area (Å²) in [5.41, 5.74) is 2.76. The molecule has 1 N–H and O–H groups in total. The van der Waals surface area contributed by atoms with E-state index in [9.17, 15) is 9.90 Å². The summed E-state index contributed by atoms with van der Waals surface area (Å²) in [7, 11) is 0. The van der Waals surface area contributed by atoms with Crippen molar-refractivity contribution >= 4 is 40.1 Å². The average Bonchev–Trinajstić information content (AvgIpc) is 3.14. The minimum atomic E-state index is -0.800. The molecule has 2 unspecified atom stereocenters. The zero-order chi connectivity index (χ0) is 19.0. The Morgan fingerprint density at radius 2 is 1.93 bits per heavy atom. The minimum Gasteiger partial charge on any atom is -0.480 e. The number of carboxylic acid groups (broad SMARTS) is 1. The fourth-order valence-corrected chi connectivity index (χ4v) is 4.17. The molecule has 0 spiro atoms. The van der Waals surface area contributed by atoms with E-state index in [2.05, 4.69) is 11.1 Å². The summed E-state index contributed by atoms with van der Waals surface area (Å²) in [6.45, 7) is 0.703. The topological polar surface area (TPSA) is 53.4 Å².